The predicted octanol–water partition coefficient (Wildman–Crippen LogP) is 3.18. The number of ether oxygens (including phenoxy) is 2. The fourth-order valence-corrected chi connectivity index (χ4v) is 5.93. The lowest BCUT2D eigenvalue weighted by atomic mass is 9.86. The fraction of sp³-hybridized carbons (Fsp3) is 0.667. The molecule has 204 valence electrons. The van der Waals surface area contributed by atoms with Crippen LogP contribution in [0.2, 0.25) is 5.02 Å². The minimum atomic E-state index is -0.980. The zero-order valence-corrected chi connectivity index (χ0v) is 23.0. The van der Waals surface area contributed by atoms with Gasteiger partial charge in [-0.3, -0.25) is 14.5 Å². The Balaban J connectivity index is 1.54. The van der Waals surface area contributed by atoms with Crippen molar-refractivity contribution >= 4 is 29.4 Å². The van der Waals surface area contributed by atoms with Crippen molar-refractivity contribution in [3.63, 3.8) is 0 Å². The number of benzene rings is 1. The minimum absolute atomic E-state index is 0.0615. The Labute approximate surface area is 223 Å². The van der Waals surface area contributed by atoms with Crippen LogP contribution in [0.1, 0.15) is 71.4 Å². The quantitative estimate of drug-likeness (QED) is 0.446. The maximum absolute atomic E-state index is 13.5. The van der Waals surface area contributed by atoms with Gasteiger partial charge in [0.15, 0.2) is 5.96 Å². The molecule has 0 radical (unpaired) electrons. The number of aliphatic hydroxyl groups is 1. The average Bonchev–Trinajstić information content (AvgIpc) is 3.64. The van der Waals surface area contributed by atoms with Crippen LogP contribution in [0.5, 0.6) is 5.75 Å². The molecule has 37 heavy (non-hydrogen) atoms. The van der Waals surface area contributed by atoms with E-state index in [0.29, 0.717) is 42.2 Å². The third kappa shape index (κ3) is 5.31. The Hall–Kier alpha value is -2.36. The van der Waals surface area contributed by atoms with E-state index in [2.05, 4.69) is 5.32 Å². The number of hydrogen-bond acceptors (Lipinski definition) is 7. The Bertz CT molecular complexity index is 1070. The zero-order valence-electron chi connectivity index (χ0n) is 22.3. The minimum Gasteiger partial charge on any atom is -0.485 e. The molecule has 2 aliphatic heterocycles. The summed E-state index contributed by atoms with van der Waals surface area (Å²) in [7, 11) is 1.61. The number of nitrogens with two attached hydrogens (primary N) is 1. The number of carbonyl (C=O) groups is 2. The second-order valence-electron chi connectivity index (χ2n) is 11.0. The molecule has 4 N–H and O–H groups in total. The van der Waals surface area contributed by atoms with Crippen LogP contribution in [0.15, 0.2) is 23.2 Å². The Morgan fingerprint density at radius 2 is 2.08 bits per heavy atom. The number of nitrogens with zero attached hydrogens (tertiary/aromatic N) is 2. The van der Waals surface area contributed by atoms with Crippen LogP contribution in [0.3, 0.4) is 0 Å². The van der Waals surface area contributed by atoms with Gasteiger partial charge in [0.2, 0.25) is 11.8 Å². The summed E-state index contributed by atoms with van der Waals surface area (Å²) in [5, 5.41) is 14.6. The molecule has 1 aromatic rings. The van der Waals surface area contributed by atoms with Gasteiger partial charge in [-0.1, -0.05) is 25.4 Å². The van der Waals surface area contributed by atoms with Gasteiger partial charge in [0, 0.05) is 36.3 Å². The molecule has 2 heterocycles. The number of nitrogens with one attached hydrogen (secondary N) is 1. The van der Waals surface area contributed by atoms with Crippen LogP contribution in [0.4, 0.5) is 0 Å². The van der Waals surface area contributed by atoms with Crippen molar-refractivity contribution in [2.75, 3.05) is 13.7 Å². The first-order valence-electron chi connectivity index (χ1n) is 13.1. The van der Waals surface area contributed by atoms with Gasteiger partial charge in [0.1, 0.15) is 17.5 Å². The van der Waals surface area contributed by atoms with Crippen molar-refractivity contribution in [1.82, 2.24) is 10.2 Å². The van der Waals surface area contributed by atoms with E-state index in [1.807, 2.05) is 13.8 Å². The third-order valence-corrected chi connectivity index (χ3v) is 8.52. The number of fused-ring (bicyclic) bond motifs is 1. The number of carbonyl (C=O) groups excluding carboxylic acids is 2. The van der Waals surface area contributed by atoms with Crippen molar-refractivity contribution < 1.29 is 24.2 Å². The van der Waals surface area contributed by atoms with Crippen molar-refractivity contribution in [2.45, 2.75) is 89.1 Å². The summed E-state index contributed by atoms with van der Waals surface area (Å²) in [5.74, 6) is 0.135. The monoisotopic (exact) mass is 534 g/mol. The van der Waals surface area contributed by atoms with E-state index in [4.69, 9.17) is 31.8 Å². The molecule has 1 aromatic carbocycles. The van der Waals surface area contributed by atoms with Gasteiger partial charge < -0.3 is 25.6 Å². The smallest absolute Gasteiger partial charge is 0.231 e. The first-order valence-corrected chi connectivity index (χ1v) is 13.5. The van der Waals surface area contributed by atoms with Gasteiger partial charge in [0.25, 0.3) is 0 Å². The molecule has 1 fully saturated rings. The fourth-order valence-electron chi connectivity index (χ4n) is 5.75. The number of amides is 2. The lowest BCUT2D eigenvalue weighted by Crippen LogP contribution is -2.56. The van der Waals surface area contributed by atoms with E-state index in [1.165, 1.54) is 0 Å². The number of rotatable bonds is 9. The van der Waals surface area contributed by atoms with E-state index >= 15 is 0 Å². The Kier molecular flexibility index (Phi) is 7.79. The highest BCUT2D eigenvalue weighted by Crippen LogP contribution is 2.47. The largest absolute Gasteiger partial charge is 0.485 e. The van der Waals surface area contributed by atoms with Crippen LogP contribution < -0.4 is 15.8 Å². The van der Waals surface area contributed by atoms with E-state index in [9.17, 15) is 14.7 Å². The highest BCUT2D eigenvalue weighted by Gasteiger charge is 2.53. The standard InChI is InChI=1S/C27H39ClN4O5/c1-6-27(7-2)14-21(33)32(25(29)31-27)19(10-11-36-5)16-13-17(16)24(35)30-22-18-12-15(28)8-9-20(18)37-26(3,4)23(22)34/h8-9,12,16-17,19,22-23,34H,6-7,10-11,13-14H2,1-5H3,(H2,29,31)(H,30,35)/t16-,17-,19?,22-,23+/m1/s1. The summed E-state index contributed by atoms with van der Waals surface area (Å²) < 4.78 is 11.3. The van der Waals surface area contributed by atoms with E-state index in [1.54, 1.807) is 44.1 Å². The zero-order chi connectivity index (χ0) is 27.1. The average molecular weight is 535 g/mol. The molecule has 0 spiro atoms. The van der Waals surface area contributed by atoms with Crippen LogP contribution in [-0.2, 0) is 14.3 Å². The number of guanidine groups is 1. The molecule has 0 bridgehead atoms. The second kappa shape index (κ2) is 10.4. The summed E-state index contributed by atoms with van der Waals surface area (Å²) in [5.41, 5.74) is 5.64. The van der Waals surface area contributed by atoms with Crippen molar-refractivity contribution in [2.24, 2.45) is 22.6 Å². The number of halogens is 1. The van der Waals surface area contributed by atoms with Gasteiger partial charge in [-0.2, -0.15) is 0 Å². The van der Waals surface area contributed by atoms with Crippen molar-refractivity contribution in [3.05, 3.63) is 28.8 Å². The van der Waals surface area contributed by atoms with E-state index in [0.717, 1.165) is 12.8 Å². The van der Waals surface area contributed by atoms with Crippen LogP contribution in [0.25, 0.3) is 0 Å². The summed E-state index contributed by atoms with van der Waals surface area (Å²) in [4.78, 5) is 33.1. The van der Waals surface area contributed by atoms with E-state index in [-0.39, 0.29) is 35.7 Å². The van der Waals surface area contributed by atoms with Gasteiger partial charge in [-0.05, 0) is 63.6 Å². The van der Waals surface area contributed by atoms with Gasteiger partial charge in [-0.15, -0.1) is 0 Å². The first kappa shape index (κ1) is 27.7. The van der Waals surface area contributed by atoms with Gasteiger partial charge >= 0.3 is 0 Å². The Morgan fingerprint density at radius 1 is 1.38 bits per heavy atom. The first-order chi connectivity index (χ1) is 17.5. The number of aliphatic hydroxyl groups excluding tert-OH is 1. The van der Waals surface area contributed by atoms with Crippen molar-refractivity contribution in [3.8, 4) is 5.75 Å². The lowest BCUT2D eigenvalue weighted by molar-refractivity contribution is -0.133. The molecular weight excluding hydrogens is 496 g/mol. The Morgan fingerprint density at radius 3 is 2.70 bits per heavy atom. The number of methoxy groups -OCH3 is 1. The topological polar surface area (TPSA) is 126 Å². The molecule has 9 nitrogen and oxygen atoms in total. The molecule has 1 saturated carbocycles. The molecule has 0 saturated heterocycles. The molecular formula is C27H39ClN4O5. The van der Waals surface area contributed by atoms with Gasteiger partial charge in [0.05, 0.1) is 18.0 Å². The molecule has 10 heteroatoms. The second-order valence-corrected chi connectivity index (χ2v) is 11.5. The van der Waals surface area contributed by atoms with Crippen LogP contribution in [0, 0.1) is 11.8 Å². The maximum atomic E-state index is 13.5. The highest BCUT2D eigenvalue weighted by molar-refractivity contribution is 6.30. The maximum Gasteiger partial charge on any atom is 0.231 e. The van der Waals surface area contributed by atoms with Gasteiger partial charge in [-0.25, -0.2) is 4.99 Å². The lowest BCUT2D eigenvalue weighted by Gasteiger charge is -2.42. The molecule has 3 aliphatic rings. The number of aliphatic imine (C=N–C) groups is 1. The molecule has 2 amide bonds. The molecule has 0 aromatic heterocycles. The summed E-state index contributed by atoms with van der Waals surface area (Å²) in [6, 6.07) is 4.21. The summed E-state index contributed by atoms with van der Waals surface area (Å²) in [6.45, 7) is 8.03. The molecule has 1 aliphatic carbocycles. The molecule has 1 unspecified atom stereocenters. The molecule has 5 atom stereocenters. The molecule has 4 rings (SSSR count). The predicted molar refractivity (Wildman–Crippen MR) is 141 cm³/mol. The number of hydrogen-bond donors (Lipinski definition) is 3. The van der Waals surface area contributed by atoms with Crippen molar-refractivity contribution in [1.29, 1.82) is 0 Å². The normalized spacial score (nSPS) is 28.6. The van der Waals surface area contributed by atoms with Crippen LogP contribution in [-0.4, -0.2) is 64.8 Å². The van der Waals surface area contributed by atoms with E-state index < -0.39 is 23.3 Å². The van der Waals surface area contributed by atoms with Crippen LogP contribution >= 0.6 is 11.6 Å². The summed E-state index contributed by atoms with van der Waals surface area (Å²) in [6.07, 6.45) is 1.94. The SMILES string of the molecule is CCC1(CC)CC(=O)N(C(CCOC)[C@@H]2C[C@H]2C(=O)N[C@@H]2c3cc(Cl)ccc3OC(C)(C)[C@H]2O)C(N)=N1. The summed E-state index contributed by atoms with van der Waals surface area (Å²) >= 11 is 6.22. The third-order valence-electron chi connectivity index (χ3n) is 8.29. The highest BCUT2D eigenvalue weighted by atomic mass is 35.5.